The second-order valence-electron chi connectivity index (χ2n) is 8.07. The van der Waals surface area contributed by atoms with E-state index in [1.165, 1.54) is 28.5 Å². The number of rotatable bonds is 7. The fourth-order valence-corrected chi connectivity index (χ4v) is 4.98. The minimum atomic E-state index is -0.525. The van der Waals surface area contributed by atoms with Crippen molar-refractivity contribution in [2.24, 2.45) is 7.05 Å². The van der Waals surface area contributed by atoms with Crippen molar-refractivity contribution in [1.82, 2.24) is 19.4 Å². The molecule has 1 N–H and O–H groups in total. The topological polar surface area (TPSA) is 89.2 Å². The molecule has 0 saturated carbocycles. The second kappa shape index (κ2) is 9.05. The van der Waals surface area contributed by atoms with Gasteiger partial charge in [-0.2, -0.15) is 0 Å². The molecule has 3 heterocycles. The average molecular weight is 442 g/mol. The Kier molecular flexibility index (Phi) is 6.22. The normalized spacial score (nSPS) is 14.8. The van der Waals surface area contributed by atoms with Crippen molar-refractivity contribution in [3.05, 3.63) is 56.7 Å². The molecule has 0 unspecified atom stereocenters. The molecule has 1 aromatic carbocycles. The number of carbonyl (C=O) groups excluding carboxylic acids is 1. The molecule has 1 aliphatic rings. The summed E-state index contributed by atoms with van der Waals surface area (Å²) in [5.41, 5.74) is 0.627. The van der Waals surface area contributed by atoms with Crippen molar-refractivity contribution in [2.45, 2.75) is 45.2 Å². The van der Waals surface area contributed by atoms with Crippen LogP contribution >= 0.6 is 11.3 Å². The van der Waals surface area contributed by atoms with Gasteiger partial charge < -0.3 is 10.2 Å². The molecule has 0 aliphatic carbocycles. The van der Waals surface area contributed by atoms with Crippen LogP contribution in [0.2, 0.25) is 0 Å². The zero-order chi connectivity index (χ0) is 22.0. The lowest BCUT2D eigenvalue weighted by Gasteiger charge is -2.15. The second-order valence-corrected chi connectivity index (χ2v) is 9.05. The molecule has 0 bridgehead atoms. The molecule has 0 radical (unpaired) electrons. The Morgan fingerprint density at radius 2 is 1.90 bits per heavy atom. The molecule has 31 heavy (non-hydrogen) atoms. The van der Waals surface area contributed by atoms with Crippen LogP contribution in [0.15, 0.2) is 39.9 Å². The number of carbonyl (C=O) groups is 1. The van der Waals surface area contributed by atoms with E-state index < -0.39 is 5.69 Å². The van der Waals surface area contributed by atoms with Gasteiger partial charge in [0.1, 0.15) is 11.2 Å². The minimum Gasteiger partial charge on any atom is -0.352 e. The van der Waals surface area contributed by atoms with Crippen LogP contribution in [0.3, 0.4) is 0 Å². The molecule has 1 fully saturated rings. The number of nitrogens with one attached hydrogen (secondary N) is 1. The van der Waals surface area contributed by atoms with Gasteiger partial charge in [-0.15, -0.1) is 0 Å². The van der Waals surface area contributed by atoms with E-state index in [0.717, 1.165) is 48.5 Å². The van der Waals surface area contributed by atoms with E-state index in [9.17, 15) is 14.4 Å². The maximum Gasteiger partial charge on any atom is 0.332 e. The Labute approximate surface area is 184 Å². The molecule has 1 amide bonds. The van der Waals surface area contributed by atoms with Gasteiger partial charge in [-0.3, -0.25) is 18.7 Å². The quantitative estimate of drug-likeness (QED) is 0.605. The predicted octanol–water partition coefficient (Wildman–Crippen LogP) is 1.89. The van der Waals surface area contributed by atoms with Gasteiger partial charge in [-0.1, -0.05) is 41.7 Å². The third-order valence-electron chi connectivity index (χ3n) is 5.66. The van der Waals surface area contributed by atoms with Crippen molar-refractivity contribution in [1.29, 1.82) is 0 Å². The van der Waals surface area contributed by atoms with Crippen LogP contribution in [0.5, 0.6) is 0 Å². The van der Waals surface area contributed by atoms with Crippen molar-refractivity contribution < 1.29 is 4.79 Å². The lowest BCUT2D eigenvalue weighted by molar-refractivity contribution is -0.122. The number of amides is 1. The first kappa shape index (κ1) is 21.3. The van der Waals surface area contributed by atoms with E-state index in [-0.39, 0.29) is 24.1 Å². The highest BCUT2D eigenvalue weighted by atomic mass is 32.1. The third kappa shape index (κ3) is 4.56. The van der Waals surface area contributed by atoms with Crippen molar-refractivity contribution >= 4 is 32.7 Å². The number of hydrogen-bond acceptors (Lipinski definition) is 6. The third-order valence-corrected chi connectivity index (χ3v) is 6.76. The highest BCUT2D eigenvalue weighted by Crippen LogP contribution is 2.28. The first-order valence-electron chi connectivity index (χ1n) is 10.6. The van der Waals surface area contributed by atoms with Gasteiger partial charge in [0.25, 0.3) is 5.56 Å². The van der Waals surface area contributed by atoms with E-state index in [1.54, 1.807) is 0 Å². The van der Waals surface area contributed by atoms with Gasteiger partial charge in [0, 0.05) is 26.2 Å². The van der Waals surface area contributed by atoms with Crippen LogP contribution in [0.4, 0.5) is 5.13 Å². The Morgan fingerprint density at radius 1 is 1.19 bits per heavy atom. The van der Waals surface area contributed by atoms with Crippen LogP contribution < -0.4 is 21.5 Å². The number of aryl methyl sites for hydroxylation is 1. The number of thiazole rings is 1. The van der Waals surface area contributed by atoms with Gasteiger partial charge in [-0.05, 0) is 38.2 Å². The van der Waals surface area contributed by atoms with Gasteiger partial charge >= 0.3 is 5.69 Å². The molecule has 1 saturated heterocycles. The highest BCUT2D eigenvalue weighted by molar-refractivity contribution is 7.22. The van der Waals surface area contributed by atoms with Gasteiger partial charge in [0.05, 0.1) is 0 Å². The summed E-state index contributed by atoms with van der Waals surface area (Å²) in [5, 5.41) is 3.70. The summed E-state index contributed by atoms with van der Waals surface area (Å²) >= 11 is 1.29. The van der Waals surface area contributed by atoms with E-state index >= 15 is 0 Å². The van der Waals surface area contributed by atoms with E-state index in [0.29, 0.717) is 10.3 Å². The SMILES string of the molecule is C[C@H](CCc1ccccc1)NC(=O)Cn1c(=O)n(C)c(=O)c2sc(N3CCCC3)nc21. The summed E-state index contributed by atoms with van der Waals surface area (Å²) in [6.45, 7) is 3.57. The lowest BCUT2D eigenvalue weighted by atomic mass is 10.1. The fraction of sp³-hybridized carbons (Fsp3) is 0.455. The Bertz CT molecular complexity index is 1190. The number of fused-ring (bicyclic) bond motifs is 1. The Balaban J connectivity index is 1.52. The lowest BCUT2D eigenvalue weighted by Crippen LogP contribution is -2.42. The highest BCUT2D eigenvalue weighted by Gasteiger charge is 2.22. The van der Waals surface area contributed by atoms with Crippen molar-refractivity contribution in [2.75, 3.05) is 18.0 Å². The largest absolute Gasteiger partial charge is 0.352 e. The van der Waals surface area contributed by atoms with Gasteiger partial charge in [0.15, 0.2) is 10.8 Å². The van der Waals surface area contributed by atoms with Crippen molar-refractivity contribution in [3.8, 4) is 0 Å². The number of anilines is 1. The summed E-state index contributed by atoms with van der Waals surface area (Å²) < 4.78 is 2.78. The van der Waals surface area contributed by atoms with Crippen LogP contribution in [0.1, 0.15) is 31.7 Å². The van der Waals surface area contributed by atoms with Gasteiger partial charge in [0.2, 0.25) is 5.91 Å². The zero-order valence-electron chi connectivity index (χ0n) is 17.8. The minimum absolute atomic E-state index is 0.0398. The summed E-state index contributed by atoms with van der Waals surface area (Å²) in [4.78, 5) is 44.8. The van der Waals surface area contributed by atoms with Crippen LogP contribution in [0.25, 0.3) is 10.3 Å². The maximum absolute atomic E-state index is 12.8. The Morgan fingerprint density at radius 3 is 2.61 bits per heavy atom. The standard InChI is InChI=1S/C22H27N5O3S/c1-15(10-11-16-8-4-3-5-9-16)23-17(28)14-27-19-18(20(29)25(2)22(27)30)31-21(24-19)26-12-6-7-13-26/h3-5,8-9,15H,6-7,10-14H2,1-2H3,(H,23,28)/t15-/m1/s1. The molecule has 3 aromatic rings. The molecule has 4 rings (SSSR count). The summed E-state index contributed by atoms with van der Waals surface area (Å²) in [7, 11) is 1.44. The summed E-state index contributed by atoms with van der Waals surface area (Å²) in [6.07, 6.45) is 3.83. The monoisotopic (exact) mass is 441 g/mol. The number of hydrogen-bond donors (Lipinski definition) is 1. The summed E-state index contributed by atoms with van der Waals surface area (Å²) in [6, 6.07) is 10.1. The first-order valence-corrected chi connectivity index (χ1v) is 11.4. The predicted molar refractivity (Wildman–Crippen MR) is 123 cm³/mol. The van der Waals surface area contributed by atoms with Crippen LogP contribution in [-0.2, 0) is 24.8 Å². The van der Waals surface area contributed by atoms with Crippen LogP contribution in [-0.4, -0.2) is 39.2 Å². The molecular formula is C22H27N5O3S. The zero-order valence-corrected chi connectivity index (χ0v) is 18.7. The molecule has 0 spiro atoms. The molecule has 1 aliphatic heterocycles. The Hall–Kier alpha value is -2.94. The van der Waals surface area contributed by atoms with E-state index in [2.05, 4.69) is 27.3 Å². The smallest absolute Gasteiger partial charge is 0.332 e. The van der Waals surface area contributed by atoms with E-state index in [4.69, 9.17) is 0 Å². The molecule has 2 aromatic heterocycles. The van der Waals surface area contributed by atoms with Crippen molar-refractivity contribution in [3.63, 3.8) is 0 Å². The molecule has 8 nitrogen and oxygen atoms in total. The average Bonchev–Trinajstić information content (AvgIpc) is 3.44. The van der Waals surface area contributed by atoms with E-state index in [1.807, 2.05) is 25.1 Å². The molecule has 1 atom stereocenters. The number of aromatic nitrogens is 3. The first-order chi connectivity index (χ1) is 14.9. The van der Waals surface area contributed by atoms with Crippen LogP contribution in [0, 0.1) is 0 Å². The molecular weight excluding hydrogens is 414 g/mol. The fourth-order valence-electron chi connectivity index (χ4n) is 3.88. The molecule has 164 valence electrons. The number of benzene rings is 1. The van der Waals surface area contributed by atoms with Gasteiger partial charge in [-0.25, -0.2) is 9.78 Å². The molecule has 9 heteroatoms. The number of nitrogens with zero attached hydrogens (tertiary/aromatic N) is 4. The summed E-state index contributed by atoms with van der Waals surface area (Å²) in [5.74, 6) is -0.265. The maximum atomic E-state index is 12.8.